The Morgan fingerprint density at radius 3 is 2.56 bits per heavy atom. The van der Waals surface area contributed by atoms with Crippen LogP contribution < -0.4 is 16.4 Å². The van der Waals surface area contributed by atoms with Crippen LogP contribution in [0.5, 0.6) is 0 Å². The lowest BCUT2D eigenvalue weighted by Gasteiger charge is -2.38. The summed E-state index contributed by atoms with van der Waals surface area (Å²) in [7, 11) is 0. The van der Waals surface area contributed by atoms with E-state index >= 15 is 0 Å². The zero-order valence-corrected chi connectivity index (χ0v) is 11.6. The molecule has 0 fully saturated rings. The second-order valence-corrected chi connectivity index (χ2v) is 5.28. The van der Waals surface area contributed by atoms with Crippen molar-refractivity contribution in [1.82, 2.24) is 0 Å². The molecule has 0 bridgehead atoms. The lowest BCUT2D eigenvalue weighted by atomic mass is 10.1. The number of hydrogen-bond donors (Lipinski definition) is 2. The third-order valence-electron chi connectivity index (χ3n) is 2.54. The number of aliphatic imine (C=N–C) groups is 2. The number of hydrogen-bond acceptors (Lipinski definition) is 5. The molecule has 0 saturated heterocycles. The van der Waals surface area contributed by atoms with E-state index in [1.54, 1.807) is 26.0 Å². The highest BCUT2D eigenvalue weighted by atomic mass is 79.9. The largest absolute Gasteiger partial charge is 0.369 e. The van der Waals surface area contributed by atoms with Crippen LogP contribution in [-0.2, 0) is 0 Å². The van der Waals surface area contributed by atoms with Crippen LogP contribution >= 0.6 is 15.9 Å². The summed E-state index contributed by atoms with van der Waals surface area (Å²) < 4.78 is 14.6. The minimum atomic E-state index is -0.787. The van der Waals surface area contributed by atoms with Gasteiger partial charge in [0.05, 0.1) is 5.69 Å². The van der Waals surface area contributed by atoms with Crippen molar-refractivity contribution in [3.8, 4) is 0 Å². The van der Waals surface area contributed by atoms with Gasteiger partial charge in [0.2, 0.25) is 11.9 Å². The monoisotopic (exact) mass is 313 g/mol. The van der Waals surface area contributed by atoms with E-state index in [1.807, 2.05) is 0 Å². The van der Waals surface area contributed by atoms with Gasteiger partial charge in [0, 0.05) is 4.47 Å². The average molecular weight is 314 g/mol. The van der Waals surface area contributed by atoms with Gasteiger partial charge < -0.3 is 11.5 Å². The maximum atomic E-state index is 14.0. The standard InChI is InChI=1S/C11H13BrFN5/c1-11(2)17-9(14)16-10(15)18(11)8-4-3-6(12)5-7(8)13/h3-5H,1-2H3,(H4,14,15,16,17). The second kappa shape index (κ2) is 4.24. The normalized spacial score (nSPS) is 18.3. The van der Waals surface area contributed by atoms with E-state index < -0.39 is 11.5 Å². The highest BCUT2D eigenvalue weighted by Crippen LogP contribution is 2.30. The Morgan fingerprint density at radius 1 is 1.33 bits per heavy atom. The quantitative estimate of drug-likeness (QED) is 0.829. The number of guanidine groups is 2. The lowest BCUT2D eigenvalue weighted by Crippen LogP contribution is -2.54. The topological polar surface area (TPSA) is 80.0 Å². The van der Waals surface area contributed by atoms with E-state index in [2.05, 4.69) is 25.9 Å². The first-order valence-corrected chi connectivity index (χ1v) is 6.05. The molecule has 0 unspecified atom stereocenters. The number of anilines is 1. The molecular formula is C11H13BrFN5. The predicted molar refractivity (Wildman–Crippen MR) is 73.9 cm³/mol. The summed E-state index contributed by atoms with van der Waals surface area (Å²) in [6, 6.07) is 4.70. The average Bonchev–Trinajstić information content (AvgIpc) is 2.18. The molecule has 1 heterocycles. The van der Waals surface area contributed by atoms with E-state index in [9.17, 15) is 4.39 Å². The SMILES string of the molecule is CC1(C)N=C(N)N=C(N)N1c1ccc(Br)cc1F. The van der Waals surface area contributed by atoms with Crippen LogP contribution in [0.4, 0.5) is 10.1 Å². The van der Waals surface area contributed by atoms with Crippen molar-refractivity contribution >= 4 is 33.5 Å². The number of rotatable bonds is 1. The molecule has 0 aliphatic carbocycles. The van der Waals surface area contributed by atoms with Gasteiger partial charge in [-0.05, 0) is 32.0 Å². The molecule has 0 spiro atoms. The summed E-state index contributed by atoms with van der Waals surface area (Å²) in [5, 5.41) is 0. The fraction of sp³-hybridized carbons (Fsp3) is 0.273. The third kappa shape index (κ3) is 2.17. The van der Waals surface area contributed by atoms with Crippen molar-refractivity contribution in [3.05, 3.63) is 28.5 Å². The highest BCUT2D eigenvalue weighted by Gasteiger charge is 2.34. The Bertz CT molecular complexity index is 552. The molecule has 96 valence electrons. The maximum Gasteiger partial charge on any atom is 0.220 e. The molecule has 0 atom stereocenters. The summed E-state index contributed by atoms with van der Waals surface area (Å²) in [4.78, 5) is 9.54. The van der Waals surface area contributed by atoms with Crippen LogP contribution in [-0.4, -0.2) is 17.6 Å². The first kappa shape index (κ1) is 12.8. The molecule has 0 amide bonds. The fourth-order valence-electron chi connectivity index (χ4n) is 1.88. The molecule has 18 heavy (non-hydrogen) atoms. The van der Waals surface area contributed by atoms with Gasteiger partial charge in [0.15, 0.2) is 0 Å². The molecule has 1 aliphatic rings. The maximum absolute atomic E-state index is 14.0. The fourth-order valence-corrected chi connectivity index (χ4v) is 2.22. The van der Waals surface area contributed by atoms with E-state index in [0.717, 1.165) is 0 Å². The Kier molecular flexibility index (Phi) is 3.02. The number of halogens is 2. The molecule has 5 nitrogen and oxygen atoms in total. The van der Waals surface area contributed by atoms with Crippen molar-refractivity contribution in [2.45, 2.75) is 19.5 Å². The molecule has 0 radical (unpaired) electrons. The van der Waals surface area contributed by atoms with Crippen molar-refractivity contribution in [3.63, 3.8) is 0 Å². The van der Waals surface area contributed by atoms with E-state index in [0.29, 0.717) is 10.2 Å². The first-order chi connectivity index (χ1) is 8.31. The van der Waals surface area contributed by atoms with Crippen LogP contribution in [0.1, 0.15) is 13.8 Å². The number of nitrogens with two attached hydrogens (primary N) is 2. The first-order valence-electron chi connectivity index (χ1n) is 5.26. The molecule has 1 aliphatic heterocycles. The molecule has 1 aromatic carbocycles. The van der Waals surface area contributed by atoms with Crippen LogP contribution in [0, 0.1) is 5.82 Å². The Hall–Kier alpha value is -1.63. The van der Waals surface area contributed by atoms with Crippen molar-refractivity contribution < 1.29 is 4.39 Å². The number of nitrogens with zero attached hydrogens (tertiary/aromatic N) is 3. The summed E-state index contributed by atoms with van der Waals surface area (Å²) in [6.45, 7) is 3.56. The molecule has 0 saturated carbocycles. The number of benzene rings is 1. The highest BCUT2D eigenvalue weighted by molar-refractivity contribution is 9.10. The van der Waals surface area contributed by atoms with Crippen LogP contribution in [0.25, 0.3) is 0 Å². The van der Waals surface area contributed by atoms with Crippen molar-refractivity contribution in [1.29, 1.82) is 0 Å². The molecule has 1 aromatic rings. The molecule has 2 rings (SSSR count). The molecular weight excluding hydrogens is 301 g/mol. The smallest absolute Gasteiger partial charge is 0.220 e. The minimum absolute atomic E-state index is 0.0891. The van der Waals surface area contributed by atoms with Crippen LogP contribution in [0.3, 0.4) is 0 Å². The van der Waals surface area contributed by atoms with Gasteiger partial charge in [0.1, 0.15) is 11.5 Å². The van der Waals surface area contributed by atoms with Crippen LogP contribution in [0.2, 0.25) is 0 Å². The summed E-state index contributed by atoms with van der Waals surface area (Å²) in [6.07, 6.45) is 0. The predicted octanol–water partition coefficient (Wildman–Crippen LogP) is 1.77. The van der Waals surface area contributed by atoms with E-state index in [-0.39, 0.29) is 11.9 Å². The zero-order valence-electron chi connectivity index (χ0n) is 9.98. The van der Waals surface area contributed by atoms with E-state index in [4.69, 9.17) is 11.5 Å². The Balaban J connectivity index is 2.53. The van der Waals surface area contributed by atoms with Gasteiger partial charge in [-0.3, -0.25) is 4.90 Å². The van der Waals surface area contributed by atoms with Gasteiger partial charge in [-0.25, -0.2) is 9.38 Å². The minimum Gasteiger partial charge on any atom is -0.369 e. The zero-order chi connectivity index (χ0) is 13.5. The van der Waals surface area contributed by atoms with Gasteiger partial charge in [-0.15, -0.1) is 0 Å². The lowest BCUT2D eigenvalue weighted by molar-refractivity contribution is 0.520. The summed E-state index contributed by atoms with van der Waals surface area (Å²) in [5.74, 6) is -0.203. The van der Waals surface area contributed by atoms with Gasteiger partial charge >= 0.3 is 0 Å². The Labute approximate surface area is 113 Å². The van der Waals surface area contributed by atoms with Gasteiger partial charge in [-0.2, -0.15) is 4.99 Å². The third-order valence-corrected chi connectivity index (χ3v) is 3.04. The van der Waals surface area contributed by atoms with Crippen molar-refractivity contribution in [2.24, 2.45) is 21.5 Å². The summed E-state index contributed by atoms with van der Waals surface area (Å²) >= 11 is 3.21. The van der Waals surface area contributed by atoms with Gasteiger partial charge in [0.25, 0.3) is 0 Å². The molecule has 0 aromatic heterocycles. The Morgan fingerprint density at radius 2 is 2.00 bits per heavy atom. The molecule has 4 N–H and O–H groups in total. The summed E-state index contributed by atoms with van der Waals surface area (Å²) in [5.41, 5.74) is 10.9. The molecule has 7 heteroatoms. The van der Waals surface area contributed by atoms with Crippen molar-refractivity contribution in [2.75, 3.05) is 4.90 Å². The van der Waals surface area contributed by atoms with E-state index in [1.165, 1.54) is 11.0 Å². The van der Waals surface area contributed by atoms with Crippen LogP contribution in [0.15, 0.2) is 32.7 Å². The van der Waals surface area contributed by atoms with Gasteiger partial charge in [-0.1, -0.05) is 15.9 Å². The second-order valence-electron chi connectivity index (χ2n) is 4.37.